The summed E-state index contributed by atoms with van der Waals surface area (Å²) in [6.45, 7) is 2.07. The number of nitrogens with zero attached hydrogens (tertiary/aromatic N) is 4. The van der Waals surface area contributed by atoms with E-state index < -0.39 is 0 Å². The van der Waals surface area contributed by atoms with Crippen LogP contribution in [0.5, 0.6) is 5.75 Å². The van der Waals surface area contributed by atoms with Crippen LogP contribution in [0.4, 0.5) is 5.69 Å². The molecule has 1 aliphatic rings. The van der Waals surface area contributed by atoms with Crippen molar-refractivity contribution in [3.63, 3.8) is 0 Å². The van der Waals surface area contributed by atoms with Crippen molar-refractivity contribution in [3.05, 3.63) is 65.5 Å². The van der Waals surface area contributed by atoms with Gasteiger partial charge in [0.25, 0.3) is 0 Å². The number of amidine groups is 1. The van der Waals surface area contributed by atoms with Crippen molar-refractivity contribution in [2.45, 2.75) is 18.5 Å². The second-order valence-corrected chi connectivity index (χ2v) is 7.00. The molecule has 7 heteroatoms. The third kappa shape index (κ3) is 3.57. The minimum Gasteiger partial charge on any atom is -0.497 e. The van der Waals surface area contributed by atoms with Crippen LogP contribution in [-0.2, 0) is 6.42 Å². The normalized spacial score (nSPS) is 14.8. The van der Waals surface area contributed by atoms with Crippen molar-refractivity contribution in [2.75, 3.05) is 18.3 Å². The summed E-state index contributed by atoms with van der Waals surface area (Å²) in [5.41, 5.74) is 6.66. The van der Waals surface area contributed by atoms with Gasteiger partial charge in [0.2, 0.25) is 5.16 Å². The number of rotatable bonds is 4. The van der Waals surface area contributed by atoms with Gasteiger partial charge in [-0.25, -0.2) is 9.67 Å². The van der Waals surface area contributed by atoms with Crippen LogP contribution in [0.3, 0.4) is 0 Å². The molecule has 0 amide bonds. The minimum absolute atomic E-state index is 0.683. The lowest BCUT2D eigenvalue weighted by Crippen LogP contribution is -2.31. The van der Waals surface area contributed by atoms with Gasteiger partial charge in [-0.2, -0.15) is 0 Å². The maximum atomic E-state index is 5.21. The molecule has 0 atom stereocenters. The molecule has 6 nitrogen and oxygen atoms in total. The number of ether oxygens (including phenoxy) is 1. The number of methoxy groups -OCH3 is 1. The van der Waals surface area contributed by atoms with Gasteiger partial charge in [-0.1, -0.05) is 41.6 Å². The highest BCUT2D eigenvalue weighted by molar-refractivity contribution is 7.99. The number of aromatic nitrogens is 3. The Morgan fingerprint density at radius 2 is 1.88 bits per heavy atom. The minimum atomic E-state index is 0.683. The summed E-state index contributed by atoms with van der Waals surface area (Å²) in [5, 5.41) is 9.46. The molecule has 0 saturated carbocycles. The average molecular weight is 365 g/mol. The molecule has 2 aromatic carbocycles. The van der Waals surface area contributed by atoms with Gasteiger partial charge in [-0.05, 0) is 36.8 Å². The predicted octanol–water partition coefficient (Wildman–Crippen LogP) is 3.57. The summed E-state index contributed by atoms with van der Waals surface area (Å²) in [6.07, 6.45) is 0.683. The molecule has 0 radical (unpaired) electrons. The molecule has 4 rings (SSSR count). The van der Waals surface area contributed by atoms with Gasteiger partial charge in [-0.15, -0.1) is 10.2 Å². The summed E-state index contributed by atoms with van der Waals surface area (Å²) in [5.74, 6) is 3.34. The fraction of sp³-hybridized carbons (Fsp3) is 0.211. The maximum Gasteiger partial charge on any atom is 0.210 e. The molecule has 1 N–H and O–H groups in total. The van der Waals surface area contributed by atoms with Crippen molar-refractivity contribution >= 4 is 23.3 Å². The van der Waals surface area contributed by atoms with Crippen molar-refractivity contribution in [1.82, 2.24) is 14.9 Å². The van der Waals surface area contributed by atoms with E-state index in [1.165, 1.54) is 5.56 Å². The first-order valence-electron chi connectivity index (χ1n) is 8.32. The van der Waals surface area contributed by atoms with Crippen LogP contribution >= 0.6 is 11.8 Å². The second kappa shape index (κ2) is 7.21. The van der Waals surface area contributed by atoms with Crippen LogP contribution < -0.4 is 10.2 Å². The Bertz CT molecular complexity index is 932. The number of thioether (sulfide) groups is 1. The van der Waals surface area contributed by atoms with E-state index in [1.807, 2.05) is 41.1 Å². The maximum absolute atomic E-state index is 5.21. The van der Waals surface area contributed by atoms with Crippen molar-refractivity contribution < 1.29 is 4.74 Å². The van der Waals surface area contributed by atoms with Crippen molar-refractivity contribution in [3.8, 4) is 5.75 Å². The number of aliphatic imine (C=N–C) groups is 1. The molecule has 0 saturated heterocycles. The van der Waals surface area contributed by atoms with Crippen molar-refractivity contribution in [2.24, 2.45) is 4.99 Å². The smallest absolute Gasteiger partial charge is 0.210 e. The quantitative estimate of drug-likeness (QED) is 0.766. The first-order chi connectivity index (χ1) is 12.7. The molecule has 0 fully saturated rings. The largest absolute Gasteiger partial charge is 0.497 e. The number of benzene rings is 2. The Morgan fingerprint density at radius 1 is 1.12 bits per heavy atom. The lowest BCUT2D eigenvalue weighted by Gasteiger charge is -2.19. The SMILES string of the molecule is COc1ccc(Cc2nnc3n2NC(=Nc2ccc(C)cc2)CS3)cc1. The summed E-state index contributed by atoms with van der Waals surface area (Å²) < 4.78 is 7.13. The molecule has 0 spiro atoms. The molecule has 26 heavy (non-hydrogen) atoms. The lowest BCUT2D eigenvalue weighted by atomic mass is 10.1. The number of aryl methyl sites for hydroxylation is 1. The zero-order chi connectivity index (χ0) is 17.9. The Labute approximate surface area is 156 Å². The second-order valence-electron chi connectivity index (χ2n) is 6.05. The van der Waals surface area contributed by atoms with Gasteiger partial charge in [0, 0.05) is 6.42 Å². The van der Waals surface area contributed by atoms with Crippen LogP contribution in [0.1, 0.15) is 17.0 Å². The van der Waals surface area contributed by atoms with Gasteiger partial charge in [-0.3, -0.25) is 5.43 Å². The first-order valence-corrected chi connectivity index (χ1v) is 9.31. The van der Waals surface area contributed by atoms with E-state index in [0.29, 0.717) is 6.42 Å². The molecule has 1 aromatic heterocycles. The Morgan fingerprint density at radius 3 is 2.62 bits per heavy atom. The van der Waals surface area contributed by atoms with E-state index in [2.05, 4.69) is 34.7 Å². The zero-order valence-corrected chi connectivity index (χ0v) is 15.5. The topological polar surface area (TPSA) is 64.3 Å². The fourth-order valence-electron chi connectivity index (χ4n) is 2.67. The average Bonchev–Trinajstić information content (AvgIpc) is 3.06. The molecule has 0 bridgehead atoms. The van der Waals surface area contributed by atoms with Gasteiger partial charge >= 0.3 is 0 Å². The summed E-state index contributed by atoms with van der Waals surface area (Å²) in [4.78, 5) is 4.70. The van der Waals surface area contributed by atoms with Crippen molar-refractivity contribution in [1.29, 1.82) is 0 Å². The van der Waals surface area contributed by atoms with Gasteiger partial charge in [0.1, 0.15) is 11.6 Å². The summed E-state index contributed by atoms with van der Waals surface area (Å²) >= 11 is 1.63. The number of nitrogens with one attached hydrogen (secondary N) is 1. The highest BCUT2D eigenvalue weighted by Crippen LogP contribution is 2.23. The van der Waals surface area contributed by atoms with Crippen LogP contribution in [0.2, 0.25) is 0 Å². The number of fused-ring (bicyclic) bond motifs is 1. The van der Waals surface area contributed by atoms with Crippen LogP contribution in [0.25, 0.3) is 0 Å². The summed E-state index contributed by atoms with van der Waals surface area (Å²) in [6, 6.07) is 16.2. The highest BCUT2D eigenvalue weighted by atomic mass is 32.2. The molecule has 0 aliphatic carbocycles. The van der Waals surface area contributed by atoms with Crippen LogP contribution in [0, 0.1) is 6.92 Å². The van der Waals surface area contributed by atoms with Gasteiger partial charge in [0.15, 0.2) is 5.82 Å². The summed E-state index contributed by atoms with van der Waals surface area (Å²) in [7, 11) is 1.67. The van der Waals surface area contributed by atoms with E-state index in [1.54, 1.807) is 18.9 Å². The molecule has 3 aromatic rings. The van der Waals surface area contributed by atoms with E-state index in [4.69, 9.17) is 9.73 Å². The third-order valence-corrected chi connectivity index (χ3v) is 5.04. The van der Waals surface area contributed by atoms with E-state index in [-0.39, 0.29) is 0 Å². The van der Waals surface area contributed by atoms with Crippen LogP contribution in [-0.4, -0.2) is 33.6 Å². The Kier molecular flexibility index (Phi) is 4.62. The van der Waals surface area contributed by atoms with E-state index >= 15 is 0 Å². The van der Waals surface area contributed by atoms with Crippen LogP contribution in [0.15, 0.2) is 58.7 Å². The van der Waals surface area contributed by atoms with E-state index in [0.717, 1.165) is 39.6 Å². The molecule has 2 heterocycles. The predicted molar refractivity (Wildman–Crippen MR) is 104 cm³/mol. The molecular weight excluding hydrogens is 346 g/mol. The number of hydrogen-bond donors (Lipinski definition) is 1. The van der Waals surface area contributed by atoms with Gasteiger partial charge in [0.05, 0.1) is 18.6 Å². The fourth-order valence-corrected chi connectivity index (χ4v) is 3.45. The van der Waals surface area contributed by atoms with E-state index in [9.17, 15) is 0 Å². The first kappa shape index (κ1) is 16.7. The number of hydrogen-bond acceptors (Lipinski definition) is 5. The molecular formula is C19H19N5OS. The standard InChI is InChI=1S/C19H19N5OS/c1-13-3-7-15(8-4-13)20-17-12-26-19-22-21-18(24(19)23-17)11-14-5-9-16(25-2)10-6-14/h3-10H,11-12H2,1-2H3,(H,20,23). The molecule has 132 valence electrons. The highest BCUT2D eigenvalue weighted by Gasteiger charge is 2.20. The lowest BCUT2D eigenvalue weighted by molar-refractivity contribution is 0.414. The zero-order valence-electron chi connectivity index (χ0n) is 14.6. The molecule has 1 aliphatic heterocycles. The van der Waals surface area contributed by atoms with Gasteiger partial charge < -0.3 is 4.74 Å². The Hall–Kier alpha value is -2.80. The Balaban J connectivity index is 1.54. The molecule has 0 unspecified atom stereocenters. The third-order valence-electron chi connectivity index (χ3n) is 4.10. The monoisotopic (exact) mass is 365 g/mol.